The van der Waals surface area contributed by atoms with E-state index in [4.69, 9.17) is 8.83 Å². The quantitative estimate of drug-likeness (QED) is 0.103. The Morgan fingerprint density at radius 1 is 0.204 bits per heavy atom. The van der Waals surface area contributed by atoms with Gasteiger partial charge in [-0.25, -0.2) is 0 Å². The Hall–Kier alpha value is -17.8. The van der Waals surface area contributed by atoms with Crippen LogP contribution in [0, 0.1) is 0 Å². The smallest absolute Gasteiger partial charge is 0.159 e. The summed E-state index contributed by atoms with van der Waals surface area (Å²) in [5.74, 6) is 0. The molecule has 1 aliphatic rings. The van der Waals surface area contributed by atoms with E-state index in [2.05, 4.69) is 530 Å². The highest BCUT2D eigenvalue weighted by Crippen LogP contribution is 2.56. The molecular weight excluding hydrogens is 1660 g/mol. The van der Waals surface area contributed by atoms with Crippen LogP contribution in [-0.4, -0.2) is 9.13 Å². The topological polar surface area (TPSA) is 42.6 Å². The molecule has 0 aliphatic heterocycles. The molecule has 644 valence electrons. The third-order valence-corrected chi connectivity index (χ3v) is 28.4. The van der Waals surface area contributed by atoms with Gasteiger partial charge in [0, 0.05) is 82.5 Å². The predicted octanol–water partition coefficient (Wildman–Crippen LogP) is 36.6. The van der Waals surface area contributed by atoms with Crippen molar-refractivity contribution in [2.45, 2.75) is 19.3 Å². The van der Waals surface area contributed by atoms with Crippen LogP contribution in [0.3, 0.4) is 0 Å². The fraction of sp³-hybridized carbons (Fsp3) is 0.0229. The second-order valence-electron chi connectivity index (χ2n) is 36.5. The van der Waals surface area contributed by atoms with Crippen molar-refractivity contribution in [2.75, 3.05) is 9.80 Å². The molecule has 0 unspecified atom stereocenters. The Morgan fingerprint density at radius 2 is 0.540 bits per heavy atom. The summed E-state index contributed by atoms with van der Waals surface area (Å²) in [6.07, 6.45) is 0. The number of rotatable bonds is 15. The molecule has 0 saturated heterocycles. The molecule has 0 fully saturated rings. The van der Waals surface area contributed by atoms with Crippen molar-refractivity contribution >= 4 is 143 Å². The maximum Gasteiger partial charge on any atom is 0.159 e. The van der Waals surface area contributed by atoms with Crippen LogP contribution in [0.4, 0.5) is 34.1 Å². The van der Waals surface area contributed by atoms with E-state index in [0.29, 0.717) is 0 Å². The Labute approximate surface area is 793 Å². The molecule has 0 radical (unpaired) electrons. The number of hydrogen-bond donors (Lipinski definition) is 0. The molecule has 26 aromatic rings. The van der Waals surface area contributed by atoms with Gasteiger partial charge in [-0.05, 0) is 237 Å². The molecule has 1 aliphatic carbocycles. The fourth-order valence-electron chi connectivity index (χ4n) is 21.8. The van der Waals surface area contributed by atoms with Gasteiger partial charge in [0.2, 0.25) is 0 Å². The summed E-state index contributed by atoms with van der Waals surface area (Å²) in [6, 6.07) is 180. The highest BCUT2D eigenvalue weighted by atomic mass is 16.3. The number of fused-ring (bicyclic) bond motifs is 19. The monoisotopic (exact) mass is 1750 g/mol. The molecule has 6 heteroatoms. The SMILES string of the molecule is CC1(C)c2ccccc2-c2c(N(c3ccc(-c4ccc(-c5ccc(-c6ccc7c(c6)c6ccccc6n7-c6ccccc6)cc5)cc4)cc3)c3cccc4c3oc3ccc5ccccc5c34)cccc21.c1ccc(-c2ccc(N(c3ccc(-c4ccc(-c5ccc(-c6cccc7c6c6ccccc6n7-c6ccccc6)cc5)cc4)cc3)c3cccc4c3oc3ccc5ccccc5c34)cc2)cc1. The lowest BCUT2D eigenvalue weighted by Crippen LogP contribution is -2.16. The number of anilines is 6. The van der Waals surface area contributed by atoms with E-state index >= 15 is 0 Å². The van der Waals surface area contributed by atoms with Gasteiger partial charge in [-0.3, -0.25) is 0 Å². The van der Waals surface area contributed by atoms with Crippen molar-refractivity contribution in [2.24, 2.45) is 0 Å². The predicted molar refractivity (Wildman–Crippen MR) is 576 cm³/mol. The Balaban J connectivity index is 0.000000142. The van der Waals surface area contributed by atoms with Crippen LogP contribution in [0.25, 0.3) is 209 Å². The van der Waals surface area contributed by atoms with Crippen molar-refractivity contribution in [1.29, 1.82) is 0 Å². The van der Waals surface area contributed by atoms with Crippen LogP contribution in [0.2, 0.25) is 0 Å². The molecule has 4 aromatic heterocycles. The molecule has 0 saturated carbocycles. The minimum Gasteiger partial charge on any atom is -0.454 e. The van der Waals surface area contributed by atoms with Crippen molar-refractivity contribution < 1.29 is 8.83 Å². The number of benzene rings is 22. The zero-order valence-corrected chi connectivity index (χ0v) is 75.4. The van der Waals surface area contributed by atoms with E-state index in [1.165, 1.54) is 166 Å². The molecule has 0 bridgehead atoms. The number of furan rings is 2. The highest BCUT2D eigenvalue weighted by Gasteiger charge is 2.39. The standard InChI is InChI=1S/C67H46N2O.C64H42N2O/c1-67(2)57-21-10-8-19-54(57)65-58(67)22-13-24-61(65)69(62-25-12-20-55-64-52-17-7-6-14-48(52)37-41-63(64)70-66(55)62)51-38-34-46(35-39-51)45-28-26-43(27-29-45)44-30-32-47(33-31-44)49-36-40-60-56(42-49)53-18-9-11-23-59(53)68(60)50-15-4-3-5-16-50;1-3-13-43(14-4-1)47-33-38-52(39-34-47)65(60-24-12-21-57-63-55-18-8-7-15-49(55)37-42-61(63)67-64(57)60)53-40-35-48(36-41-53)45-27-25-44(26-28-45)46-29-31-50(32-30-46)54-20-11-23-59-62(54)56-19-9-10-22-58(56)66(59)51-16-5-2-6-17-51/h3-42H,1-2H3;1-42H. The third-order valence-electron chi connectivity index (χ3n) is 28.4. The minimum atomic E-state index is -0.141. The summed E-state index contributed by atoms with van der Waals surface area (Å²) in [5.41, 5.74) is 38.7. The average Bonchev–Trinajstić information content (AvgIpc) is 1.53. The van der Waals surface area contributed by atoms with E-state index < -0.39 is 0 Å². The maximum atomic E-state index is 6.92. The summed E-state index contributed by atoms with van der Waals surface area (Å²) >= 11 is 0. The first-order chi connectivity index (χ1) is 67.7. The first kappa shape index (κ1) is 80.1. The molecule has 0 atom stereocenters. The zero-order chi connectivity index (χ0) is 90.8. The lowest BCUT2D eigenvalue weighted by Gasteiger charge is -2.29. The van der Waals surface area contributed by atoms with Gasteiger partial charge in [0.1, 0.15) is 11.2 Å². The molecule has 6 nitrogen and oxygen atoms in total. The molecule has 0 N–H and O–H groups in total. The lowest BCUT2D eigenvalue weighted by molar-refractivity contribution is 0.660. The van der Waals surface area contributed by atoms with Crippen LogP contribution < -0.4 is 9.80 Å². The second-order valence-corrected chi connectivity index (χ2v) is 36.5. The minimum absolute atomic E-state index is 0.141. The molecule has 0 amide bonds. The van der Waals surface area contributed by atoms with Gasteiger partial charge in [-0.1, -0.05) is 390 Å². The van der Waals surface area contributed by atoms with Crippen LogP contribution in [-0.2, 0) is 5.41 Å². The Kier molecular flexibility index (Phi) is 19.2. The zero-order valence-electron chi connectivity index (χ0n) is 75.4. The number of para-hydroxylation sites is 6. The van der Waals surface area contributed by atoms with Crippen LogP contribution in [0.5, 0.6) is 0 Å². The molecular formula is C131H88N4O2. The first-order valence-electron chi connectivity index (χ1n) is 47.2. The summed E-state index contributed by atoms with van der Waals surface area (Å²) in [7, 11) is 0. The number of nitrogens with zero attached hydrogens (tertiary/aromatic N) is 4. The summed E-state index contributed by atoms with van der Waals surface area (Å²) < 4.78 is 18.4. The molecule has 27 rings (SSSR count). The Bertz CT molecular complexity index is 9170. The van der Waals surface area contributed by atoms with Crippen LogP contribution >= 0.6 is 0 Å². The van der Waals surface area contributed by atoms with Gasteiger partial charge in [-0.15, -0.1) is 0 Å². The normalized spacial score (nSPS) is 12.2. The van der Waals surface area contributed by atoms with E-state index in [1.807, 2.05) is 0 Å². The fourth-order valence-corrected chi connectivity index (χ4v) is 21.8. The van der Waals surface area contributed by atoms with Crippen molar-refractivity contribution in [3.05, 3.63) is 509 Å². The van der Waals surface area contributed by atoms with Gasteiger partial charge < -0.3 is 27.8 Å². The third kappa shape index (κ3) is 13.6. The Morgan fingerprint density at radius 3 is 1.06 bits per heavy atom. The molecule has 137 heavy (non-hydrogen) atoms. The summed E-state index contributed by atoms with van der Waals surface area (Å²) in [5, 5.41) is 14.3. The van der Waals surface area contributed by atoms with Crippen LogP contribution in [0.15, 0.2) is 506 Å². The van der Waals surface area contributed by atoms with E-state index in [1.54, 1.807) is 0 Å². The molecule has 22 aromatic carbocycles. The van der Waals surface area contributed by atoms with Crippen LogP contribution in [0.1, 0.15) is 25.0 Å². The van der Waals surface area contributed by atoms with Crippen molar-refractivity contribution in [3.63, 3.8) is 0 Å². The molecule has 0 spiro atoms. The molecule has 4 heterocycles. The number of hydrogen-bond acceptors (Lipinski definition) is 4. The summed E-state index contributed by atoms with van der Waals surface area (Å²) in [4.78, 5) is 4.74. The average molecular weight is 1750 g/mol. The summed E-state index contributed by atoms with van der Waals surface area (Å²) in [6.45, 7) is 4.69. The lowest BCUT2D eigenvalue weighted by atomic mass is 9.82. The second kappa shape index (κ2) is 32.9. The van der Waals surface area contributed by atoms with Crippen molar-refractivity contribution in [1.82, 2.24) is 9.13 Å². The first-order valence-corrected chi connectivity index (χ1v) is 47.2. The van der Waals surface area contributed by atoms with Gasteiger partial charge in [0.25, 0.3) is 0 Å². The number of aromatic nitrogens is 2. The van der Waals surface area contributed by atoms with Gasteiger partial charge in [0.15, 0.2) is 11.2 Å². The largest absolute Gasteiger partial charge is 0.454 e. The van der Waals surface area contributed by atoms with Gasteiger partial charge in [-0.2, -0.15) is 0 Å². The van der Waals surface area contributed by atoms with E-state index in [9.17, 15) is 0 Å². The van der Waals surface area contributed by atoms with Gasteiger partial charge in [0.05, 0.1) is 39.1 Å². The van der Waals surface area contributed by atoms with E-state index in [0.717, 1.165) is 89.1 Å². The highest BCUT2D eigenvalue weighted by molar-refractivity contribution is 6.23. The van der Waals surface area contributed by atoms with Crippen molar-refractivity contribution in [3.8, 4) is 100 Å². The van der Waals surface area contributed by atoms with E-state index in [-0.39, 0.29) is 5.41 Å². The van der Waals surface area contributed by atoms with Gasteiger partial charge >= 0.3 is 0 Å². The maximum absolute atomic E-state index is 6.92.